The molecule has 0 rings (SSSR count). The summed E-state index contributed by atoms with van der Waals surface area (Å²) in [5, 5.41) is 57.9. The van der Waals surface area contributed by atoms with Gasteiger partial charge >= 0.3 is 35.8 Å². The molecule has 0 aliphatic heterocycles. The van der Waals surface area contributed by atoms with E-state index in [0.717, 1.165) is 283 Å². The van der Waals surface area contributed by atoms with Crippen molar-refractivity contribution in [1.29, 1.82) is 0 Å². The van der Waals surface area contributed by atoms with Gasteiger partial charge < -0.3 is 30.6 Å². The highest BCUT2D eigenvalue weighted by atomic mass is 16.4. The normalized spacial score (nSPS) is 13.6. The predicted octanol–water partition coefficient (Wildman–Crippen LogP) is 27.8. The van der Waals surface area contributed by atoms with Crippen LogP contribution in [0.2, 0.25) is 0 Å². The lowest BCUT2D eigenvalue weighted by molar-refractivity contribution is -0.169. The van der Waals surface area contributed by atoms with Gasteiger partial charge in [0.25, 0.3) is 0 Å². The lowest BCUT2D eigenvalue weighted by atomic mass is 9.49. The summed E-state index contributed by atoms with van der Waals surface area (Å²) in [6.45, 7) is 2.28. The lowest BCUT2D eigenvalue weighted by Gasteiger charge is -2.54. The number of carboxylic acid groups (broad SMARTS) is 6. The average molecular weight is 1420 g/mol. The molecule has 0 saturated heterocycles. The predicted molar refractivity (Wildman–Crippen MR) is 424 cm³/mol. The molecule has 0 aromatic heterocycles. The molecule has 3 unspecified atom stereocenters. The van der Waals surface area contributed by atoms with E-state index in [2.05, 4.69) is 67.7 Å². The van der Waals surface area contributed by atoms with Gasteiger partial charge in [-0.25, -0.2) is 0 Å². The molecule has 3 atom stereocenters. The molecular weight excluding hydrogens is 1260 g/mol. The zero-order chi connectivity index (χ0) is 73.9. The second kappa shape index (κ2) is 73.8. The van der Waals surface area contributed by atoms with Crippen molar-refractivity contribution in [3.05, 3.63) is 60.8 Å². The Bertz CT molecular complexity index is 2090. The minimum absolute atomic E-state index is 0.222. The van der Waals surface area contributed by atoms with E-state index in [1.807, 2.05) is 0 Å². The van der Waals surface area contributed by atoms with Crippen LogP contribution in [0.4, 0.5) is 0 Å². The molecule has 0 saturated carbocycles. The van der Waals surface area contributed by atoms with Gasteiger partial charge in [0.05, 0.1) is 5.41 Å². The molecule has 12 heteroatoms. The highest BCUT2D eigenvalue weighted by Crippen LogP contribution is 2.60. The number of hydrogen-bond acceptors (Lipinski definition) is 6. The fourth-order valence-electron chi connectivity index (χ4n) is 15.6. The fraction of sp³-hybridized carbons (Fsp3) is 0.820. The summed E-state index contributed by atoms with van der Waals surface area (Å²) in [6, 6.07) is 0. The Morgan fingerprint density at radius 2 is 0.455 bits per heavy atom. The van der Waals surface area contributed by atoms with E-state index in [1.54, 1.807) is 0 Å². The van der Waals surface area contributed by atoms with Crippen molar-refractivity contribution < 1.29 is 59.4 Å². The third kappa shape index (κ3) is 62.6. The van der Waals surface area contributed by atoms with E-state index < -0.39 is 41.2 Å². The first kappa shape index (κ1) is 96.5. The molecule has 0 fully saturated rings. The molecule has 0 spiro atoms. The number of rotatable bonds is 82. The Kier molecular flexibility index (Phi) is 70.5. The second-order valence-corrected chi connectivity index (χ2v) is 30.4. The van der Waals surface area contributed by atoms with Crippen LogP contribution in [-0.2, 0) is 28.8 Å². The highest BCUT2D eigenvalue weighted by Gasteiger charge is 2.57. The van der Waals surface area contributed by atoms with E-state index in [1.165, 1.54) is 109 Å². The van der Waals surface area contributed by atoms with Gasteiger partial charge in [-0.15, -0.1) is 0 Å². The first-order valence-electron chi connectivity index (χ1n) is 42.8. The van der Waals surface area contributed by atoms with Crippen LogP contribution in [0.5, 0.6) is 0 Å². The maximum Gasteiger partial charge on any atom is 0.310 e. The number of carbonyl (C=O) groups is 6. The van der Waals surface area contributed by atoms with Gasteiger partial charge in [0, 0.05) is 32.1 Å². The summed E-state index contributed by atoms with van der Waals surface area (Å²) >= 11 is 0. The van der Waals surface area contributed by atoms with E-state index >= 15 is 4.79 Å². The van der Waals surface area contributed by atoms with Crippen LogP contribution >= 0.6 is 0 Å². The fourth-order valence-corrected chi connectivity index (χ4v) is 15.6. The molecule has 586 valence electrons. The third-order valence-corrected chi connectivity index (χ3v) is 21.7. The zero-order valence-electron chi connectivity index (χ0n) is 65.3. The summed E-state index contributed by atoms with van der Waals surface area (Å²) in [4.78, 5) is 70.5. The van der Waals surface area contributed by atoms with Crippen molar-refractivity contribution >= 4 is 35.8 Å². The van der Waals surface area contributed by atoms with E-state index in [0.29, 0.717) is 19.3 Å². The molecule has 0 aromatic rings. The maximum atomic E-state index is 15.3. The smallest absolute Gasteiger partial charge is 0.310 e. The van der Waals surface area contributed by atoms with Gasteiger partial charge in [-0.3, -0.25) is 28.8 Å². The lowest BCUT2D eigenvalue weighted by Crippen LogP contribution is -2.52. The SMILES string of the molecule is CCCCCCCCCCC(CCCCCCCCC(=O)O)C(CCCCCCCCCCCCCCCCCC(=O)O)(CCCCCCCCCCCC(=O)O)C(CCC=CCC=CCC=CCCCCCCCC(=O)O)(CCCCCC=CCC=CCCCCCCCC(=O)O)C(=O)O. The average Bonchev–Trinajstić information content (AvgIpc) is 0.743. The Labute approximate surface area is 619 Å². The molecule has 101 heavy (non-hydrogen) atoms. The summed E-state index contributed by atoms with van der Waals surface area (Å²) in [5.74, 6) is -3.84. The first-order valence-corrected chi connectivity index (χ1v) is 42.8. The van der Waals surface area contributed by atoms with Crippen molar-refractivity contribution in [2.45, 2.75) is 450 Å². The third-order valence-electron chi connectivity index (χ3n) is 21.7. The van der Waals surface area contributed by atoms with Crippen molar-refractivity contribution in [2.75, 3.05) is 0 Å². The Morgan fingerprint density at radius 3 is 0.733 bits per heavy atom. The Hall–Kier alpha value is -4.48. The van der Waals surface area contributed by atoms with Gasteiger partial charge in [-0.05, 0) is 146 Å². The molecule has 0 aromatic carbocycles. The van der Waals surface area contributed by atoms with Crippen LogP contribution in [0, 0.1) is 16.7 Å². The van der Waals surface area contributed by atoms with Gasteiger partial charge in [0.1, 0.15) is 0 Å². The molecule has 0 bridgehead atoms. The summed E-state index contributed by atoms with van der Waals surface area (Å²) in [7, 11) is 0. The summed E-state index contributed by atoms with van der Waals surface area (Å²) in [5.41, 5.74) is -1.27. The van der Waals surface area contributed by atoms with Crippen LogP contribution in [0.15, 0.2) is 60.8 Å². The van der Waals surface area contributed by atoms with Crippen LogP contribution in [0.25, 0.3) is 0 Å². The van der Waals surface area contributed by atoms with Gasteiger partial charge in [0.15, 0.2) is 0 Å². The minimum Gasteiger partial charge on any atom is -0.481 e. The van der Waals surface area contributed by atoms with Crippen molar-refractivity contribution in [3.63, 3.8) is 0 Å². The van der Waals surface area contributed by atoms with Crippen LogP contribution in [0.3, 0.4) is 0 Å². The summed E-state index contributed by atoms with van der Waals surface area (Å²) in [6.07, 6.45) is 91.7. The molecular formula is C89H158O12. The molecule has 0 heterocycles. The summed E-state index contributed by atoms with van der Waals surface area (Å²) < 4.78 is 0. The molecule has 0 aliphatic carbocycles. The number of carboxylic acids is 6. The molecule has 0 aliphatic rings. The van der Waals surface area contributed by atoms with Crippen molar-refractivity contribution in [1.82, 2.24) is 0 Å². The van der Waals surface area contributed by atoms with Gasteiger partial charge in [0.2, 0.25) is 0 Å². The van der Waals surface area contributed by atoms with Crippen molar-refractivity contribution in [2.24, 2.45) is 16.7 Å². The molecule has 12 nitrogen and oxygen atoms in total. The standard InChI is InChI=1S/C89H158O12/c1-2-3-4-5-6-37-48-59-70-81(71-60-49-42-43-54-65-76-86(98)99)88(78-67-56-45-36-28-32-41-53-64-75-85(96)97,77-66-55-44-33-25-19-13-7-10-16-22-29-38-50-61-72-82(90)91)89(87(100)101,79-68-57-46-34-26-20-14-8-11-17-23-30-39-51-62-73-83(92)93)80-69-58-47-35-27-21-15-9-12-18-24-31-40-52-63-74-84(94)95/h8-9,11-12,20-21,26-27,46,57,81H,2-7,10,13-19,22-25,28-45,47-56,58-80H2,1H3,(H,90,91)(H,92,93)(H,94,95)(H,96,97)(H,98,99)(H,100,101). The zero-order valence-corrected chi connectivity index (χ0v) is 65.3. The van der Waals surface area contributed by atoms with E-state index in [-0.39, 0.29) is 43.4 Å². The Morgan fingerprint density at radius 1 is 0.238 bits per heavy atom. The number of unbranched alkanes of at least 4 members (excludes halogenated alkanes) is 47. The number of hydrogen-bond donors (Lipinski definition) is 6. The maximum absolute atomic E-state index is 15.3. The quantitative estimate of drug-likeness (QED) is 0.0247. The van der Waals surface area contributed by atoms with Gasteiger partial charge in [-0.2, -0.15) is 0 Å². The molecule has 6 N–H and O–H groups in total. The van der Waals surface area contributed by atoms with Crippen LogP contribution in [-0.4, -0.2) is 66.5 Å². The van der Waals surface area contributed by atoms with Gasteiger partial charge in [-0.1, -0.05) is 344 Å². The molecule has 0 amide bonds. The number of aliphatic carboxylic acids is 6. The minimum atomic E-state index is -0.895. The van der Waals surface area contributed by atoms with E-state index in [9.17, 15) is 39.3 Å². The Balaban J connectivity index is 7.22. The second-order valence-electron chi connectivity index (χ2n) is 30.4. The van der Waals surface area contributed by atoms with E-state index in [4.69, 9.17) is 15.3 Å². The van der Waals surface area contributed by atoms with Crippen LogP contribution in [0.1, 0.15) is 450 Å². The number of allylic oxidation sites excluding steroid dienone is 10. The first-order chi connectivity index (χ1) is 49.2. The van der Waals surface area contributed by atoms with Crippen molar-refractivity contribution in [3.8, 4) is 0 Å². The van der Waals surface area contributed by atoms with Crippen LogP contribution < -0.4 is 0 Å². The largest absolute Gasteiger partial charge is 0.481 e. The highest BCUT2D eigenvalue weighted by molar-refractivity contribution is 5.76. The molecule has 0 radical (unpaired) electrons. The monoisotopic (exact) mass is 1420 g/mol. The topological polar surface area (TPSA) is 224 Å².